The molecule has 272 valence electrons. The summed E-state index contributed by atoms with van der Waals surface area (Å²) in [6, 6.07) is 0.880. The average Bonchev–Trinajstić information content (AvgIpc) is 3.02. The third-order valence-corrected chi connectivity index (χ3v) is 8.91. The van der Waals surface area contributed by atoms with Crippen molar-refractivity contribution in [3.8, 4) is 0 Å². The average molecular weight is 650 g/mol. The molecule has 0 aliphatic carbocycles. The summed E-state index contributed by atoms with van der Waals surface area (Å²) in [6.45, 7) is 16.4. The Morgan fingerprint density at radius 3 is 1.72 bits per heavy atom. The smallest absolute Gasteiger partial charge is 0.330 e. The van der Waals surface area contributed by atoms with Crippen LogP contribution in [0, 0.1) is 0 Å². The molecule has 0 bridgehead atoms. The van der Waals surface area contributed by atoms with E-state index in [9.17, 15) is 9.90 Å². The van der Waals surface area contributed by atoms with Crippen molar-refractivity contribution >= 4 is 5.97 Å². The summed E-state index contributed by atoms with van der Waals surface area (Å²) < 4.78 is 5.44. The lowest BCUT2D eigenvalue weighted by molar-refractivity contribution is -0.137. The number of aliphatic hydroxyl groups is 1. The molecule has 0 aromatic heterocycles. The Labute approximate surface area is 287 Å². The molecule has 0 amide bonds. The standard InChI is InChI=1S/C40H79N3O3/c1-7-9-11-13-15-16-17-18-19-20-21-22-23-24-26-28-32-42-40(45)38(41-33-34-43(36(3)4)37(5)6)30-29-35-46-39(44)31-27-25-14-12-10-8-2/h18-19,27,31,36-38,40-42,45H,7-17,20-26,28-30,32-35H2,1-6H3/b19-18-,31-27+. The summed E-state index contributed by atoms with van der Waals surface area (Å²) >= 11 is 0. The van der Waals surface area contributed by atoms with Crippen LogP contribution in [0.25, 0.3) is 0 Å². The number of nitrogens with zero attached hydrogens (tertiary/aromatic N) is 1. The van der Waals surface area contributed by atoms with Gasteiger partial charge in [-0.1, -0.05) is 109 Å². The third-order valence-electron chi connectivity index (χ3n) is 8.91. The number of rotatable bonds is 34. The van der Waals surface area contributed by atoms with Crippen LogP contribution in [-0.2, 0) is 9.53 Å². The normalized spacial score (nSPS) is 13.6. The van der Waals surface area contributed by atoms with Crippen molar-refractivity contribution in [2.24, 2.45) is 0 Å². The SMILES string of the molecule is CCCCCC/C=C/C(=O)OCCCC(NCCN(C(C)C)C(C)C)C(O)NCCCCCCCC/C=C\CCCCCCCC. The second-order valence-corrected chi connectivity index (χ2v) is 13.9. The zero-order valence-corrected chi connectivity index (χ0v) is 31.5. The minimum absolute atomic E-state index is 0.0805. The summed E-state index contributed by atoms with van der Waals surface area (Å²) in [7, 11) is 0. The fourth-order valence-electron chi connectivity index (χ4n) is 6.02. The number of hydrogen-bond acceptors (Lipinski definition) is 6. The quantitative estimate of drug-likeness (QED) is 0.0212. The number of allylic oxidation sites excluding steroid dienone is 3. The minimum Gasteiger partial charge on any atom is -0.463 e. The van der Waals surface area contributed by atoms with Crippen LogP contribution in [0.3, 0.4) is 0 Å². The van der Waals surface area contributed by atoms with E-state index in [0.717, 1.165) is 51.7 Å². The molecule has 0 fully saturated rings. The molecule has 3 N–H and O–H groups in total. The molecule has 0 rings (SSSR count). The molecule has 0 aromatic rings. The first-order chi connectivity index (χ1) is 22.3. The van der Waals surface area contributed by atoms with Crippen LogP contribution >= 0.6 is 0 Å². The molecule has 0 spiro atoms. The zero-order valence-electron chi connectivity index (χ0n) is 31.5. The van der Waals surface area contributed by atoms with Crippen molar-refractivity contribution in [2.45, 2.75) is 201 Å². The summed E-state index contributed by atoms with van der Waals surface area (Å²) in [5.41, 5.74) is 0. The Hall–Kier alpha value is -1.21. The van der Waals surface area contributed by atoms with E-state index in [2.05, 4.69) is 69.2 Å². The van der Waals surface area contributed by atoms with Gasteiger partial charge in [0.1, 0.15) is 6.23 Å². The number of esters is 1. The molecule has 6 nitrogen and oxygen atoms in total. The molecule has 0 aliphatic heterocycles. The molecule has 2 atom stereocenters. The van der Waals surface area contributed by atoms with E-state index in [1.54, 1.807) is 6.08 Å². The van der Waals surface area contributed by atoms with Gasteiger partial charge in [0.05, 0.1) is 6.61 Å². The Morgan fingerprint density at radius 1 is 0.652 bits per heavy atom. The van der Waals surface area contributed by atoms with Gasteiger partial charge in [-0.15, -0.1) is 0 Å². The van der Waals surface area contributed by atoms with Gasteiger partial charge in [-0.25, -0.2) is 4.79 Å². The first kappa shape index (κ1) is 44.8. The molecular weight excluding hydrogens is 570 g/mol. The maximum Gasteiger partial charge on any atom is 0.330 e. The molecule has 6 heteroatoms. The lowest BCUT2D eigenvalue weighted by atomic mass is 10.1. The fourth-order valence-corrected chi connectivity index (χ4v) is 6.02. The lowest BCUT2D eigenvalue weighted by Gasteiger charge is -2.32. The predicted molar refractivity (Wildman–Crippen MR) is 200 cm³/mol. The van der Waals surface area contributed by atoms with Gasteiger partial charge >= 0.3 is 5.97 Å². The second-order valence-electron chi connectivity index (χ2n) is 13.9. The van der Waals surface area contributed by atoms with Gasteiger partial charge in [0.2, 0.25) is 0 Å². The maximum atomic E-state index is 12.1. The van der Waals surface area contributed by atoms with Crippen LogP contribution in [0.2, 0.25) is 0 Å². The number of nitrogens with one attached hydrogen (secondary N) is 2. The molecule has 0 saturated carbocycles. The van der Waals surface area contributed by atoms with Crippen LogP contribution in [0.15, 0.2) is 24.3 Å². The largest absolute Gasteiger partial charge is 0.463 e. The van der Waals surface area contributed by atoms with Gasteiger partial charge in [0.15, 0.2) is 0 Å². The molecular formula is C40H79N3O3. The van der Waals surface area contributed by atoms with Crippen molar-refractivity contribution < 1.29 is 14.6 Å². The molecule has 0 aliphatic rings. The van der Waals surface area contributed by atoms with Gasteiger partial charge in [-0.3, -0.25) is 10.2 Å². The van der Waals surface area contributed by atoms with Crippen LogP contribution in [-0.4, -0.2) is 66.6 Å². The zero-order chi connectivity index (χ0) is 34.1. The Morgan fingerprint density at radius 2 is 1.15 bits per heavy atom. The van der Waals surface area contributed by atoms with Gasteiger partial charge in [-0.05, 0) is 92.0 Å². The minimum atomic E-state index is -0.617. The number of hydrogen-bond donors (Lipinski definition) is 3. The van der Waals surface area contributed by atoms with Gasteiger partial charge < -0.3 is 15.2 Å². The number of ether oxygens (including phenoxy) is 1. The predicted octanol–water partition coefficient (Wildman–Crippen LogP) is 9.86. The first-order valence-corrected chi connectivity index (χ1v) is 19.7. The van der Waals surface area contributed by atoms with E-state index in [0.29, 0.717) is 18.7 Å². The summed E-state index contributed by atoms with van der Waals surface area (Å²) in [6.07, 6.45) is 33.1. The Kier molecular flexibility index (Phi) is 32.8. The Balaban J connectivity index is 4.27. The van der Waals surface area contributed by atoms with Crippen molar-refractivity contribution in [1.29, 1.82) is 0 Å². The fraction of sp³-hybridized carbons (Fsp3) is 0.875. The van der Waals surface area contributed by atoms with Crippen molar-refractivity contribution in [1.82, 2.24) is 15.5 Å². The molecule has 0 heterocycles. The highest BCUT2D eigenvalue weighted by Gasteiger charge is 2.19. The third kappa shape index (κ3) is 29.0. The molecule has 2 unspecified atom stereocenters. The molecule has 0 saturated heterocycles. The topological polar surface area (TPSA) is 73.8 Å². The van der Waals surface area contributed by atoms with E-state index >= 15 is 0 Å². The highest BCUT2D eigenvalue weighted by Crippen LogP contribution is 2.11. The first-order valence-electron chi connectivity index (χ1n) is 19.7. The van der Waals surface area contributed by atoms with E-state index in [4.69, 9.17) is 4.74 Å². The van der Waals surface area contributed by atoms with E-state index < -0.39 is 6.23 Å². The summed E-state index contributed by atoms with van der Waals surface area (Å²) in [5, 5.41) is 18.0. The number of carbonyl (C=O) groups is 1. The molecule has 0 aromatic carbocycles. The van der Waals surface area contributed by atoms with E-state index in [1.807, 2.05) is 6.08 Å². The van der Waals surface area contributed by atoms with Crippen molar-refractivity contribution in [3.05, 3.63) is 24.3 Å². The van der Waals surface area contributed by atoms with Crippen LogP contribution < -0.4 is 10.6 Å². The number of carbonyl (C=O) groups excluding carboxylic acids is 1. The number of unbranched alkanes of at least 4 members (excludes halogenated alkanes) is 16. The van der Waals surface area contributed by atoms with Crippen LogP contribution in [0.1, 0.15) is 176 Å². The van der Waals surface area contributed by atoms with E-state index in [1.165, 1.54) is 103 Å². The van der Waals surface area contributed by atoms with Crippen molar-refractivity contribution in [2.75, 3.05) is 26.2 Å². The highest BCUT2D eigenvalue weighted by molar-refractivity contribution is 5.81. The summed E-state index contributed by atoms with van der Waals surface area (Å²) in [5.74, 6) is -0.261. The molecule has 46 heavy (non-hydrogen) atoms. The maximum absolute atomic E-state index is 12.1. The second kappa shape index (κ2) is 33.7. The summed E-state index contributed by atoms with van der Waals surface area (Å²) in [4.78, 5) is 14.5. The monoisotopic (exact) mass is 650 g/mol. The van der Waals surface area contributed by atoms with Gasteiger partial charge in [0.25, 0.3) is 0 Å². The van der Waals surface area contributed by atoms with Gasteiger partial charge in [0, 0.05) is 37.3 Å². The lowest BCUT2D eigenvalue weighted by Crippen LogP contribution is -2.51. The number of aliphatic hydroxyl groups excluding tert-OH is 1. The van der Waals surface area contributed by atoms with Crippen LogP contribution in [0.4, 0.5) is 0 Å². The Bertz CT molecular complexity index is 702. The van der Waals surface area contributed by atoms with Gasteiger partial charge in [-0.2, -0.15) is 0 Å². The van der Waals surface area contributed by atoms with E-state index in [-0.39, 0.29) is 12.0 Å². The highest BCUT2D eigenvalue weighted by atomic mass is 16.5. The van der Waals surface area contributed by atoms with Crippen molar-refractivity contribution in [3.63, 3.8) is 0 Å². The molecule has 0 radical (unpaired) electrons. The van der Waals surface area contributed by atoms with Crippen LogP contribution in [0.5, 0.6) is 0 Å².